The van der Waals surface area contributed by atoms with Crippen molar-refractivity contribution in [3.63, 3.8) is 0 Å². The largest absolute Gasteiger partial charge is 0.464 e. The van der Waals surface area contributed by atoms with Gasteiger partial charge in [0.2, 0.25) is 5.91 Å². The zero-order chi connectivity index (χ0) is 24.8. The van der Waals surface area contributed by atoms with E-state index in [1.165, 1.54) is 18.4 Å². The molecule has 2 saturated carbocycles. The number of nitrogens with zero attached hydrogens (tertiary/aromatic N) is 1. The molecule has 5 nitrogen and oxygen atoms in total. The number of hydrogen-bond donors (Lipinski definition) is 1. The van der Waals surface area contributed by atoms with Crippen LogP contribution in [0.15, 0.2) is 64.0 Å². The van der Waals surface area contributed by atoms with Crippen molar-refractivity contribution >= 4 is 16.9 Å². The molecule has 36 heavy (non-hydrogen) atoms. The maximum absolute atomic E-state index is 13.2. The van der Waals surface area contributed by atoms with Crippen molar-refractivity contribution in [3.8, 4) is 0 Å². The number of nitrogens with one attached hydrogen (secondary N) is 1. The van der Waals surface area contributed by atoms with E-state index in [-0.39, 0.29) is 28.1 Å². The Hall–Kier alpha value is -2.92. The molecular weight excluding hydrogens is 448 g/mol. The predicted octanol–water partition coefficient (Wildman–Crippen LogP) is 5.33. The van der Waals surface area contributed by atoms with E-state index in [9.17, 15) is 9.59 Å². The molecule has 0 bridgehead atoms. The summed E-state index contributed by atoms with van der Waals surface area (Å²) in [4.78, 5) is 28.5. The molecule has 2 heterocycles. The number of likely N-dealkylation sites (tertiary alicyclic amines) is 1. The second kappa shape index (κ2) is 9.19. The van der Waals surface area contributed by atoms with Gasteiger partial charge in [-0.25, -0.2) is 0 Å². The minimum Gasteiger partial charge on any atom is -0.464 e. The summed E-state index contributed by atoms with van der Waals surface area (Å²) in [6.45, 7) is 5.20. The normalized spacial score (nSPS) is 22.6. The summed E-state index contributed by atoms with van der Waals surface area (Å²) >= 11 is 0. The molecule has 1 saturated heterocycles. The topological polar surface area (TPSA) is 62.6 Å². The highest BCUT2D eigenvalue weighted by Gasteiger charge is 2.58. The third-order valence-corrected chi connectivity index (χ3v) is 9.30. The van der Waals surface area contributed by atoms with Crippen LogP contribution in [0.1, 0.15) is 61.6 Å². The summed E-state index contributed by atoms with van der Waals surface area (Å²) in [5, 5.41) is 4.03. The number of amides is 1. The molecule has 1 unspecified atom stereocenters. The molecule has 1 amide bonds. The number of aryl methyl sites for hydroxylation is 1. The van der Waals surface area contributed by atoms with Crippen molar-refractivity contribution in [2.24, 2.45) is 11.3 Å². The summed E-state index contributed by atoms with van der Waals surface area (Å²) in [7, 11) is 0. The molecule has 188 valence electrons. The van der Waals surface area contributed by atoms with Crippen molar-refractivity contribution in [1.82, 2.24) is 10.2 Å². The van der Waals surface area contributed by atoms with Crippen LogP contribution in [0, 0.1) is 18.3 Å². The number of rotatable bonds is 6. The third kappa shape index (κ3) is 4.28. The molecule has 1 N–H and O–H groups in total. The number of piperidine rings is 1. The van der Waals surface area contributed by atoms with Gasteiger partial charge >= 0.3 is 0 Å². The Labute approximate surface area is 212 Å². The van der Waals surface area contributed by atoms with Crippen molar-refractivity contribution in [3.05, 3.63) is 81.7 Å². The van der Waals surface area contributed by atoms with Crippen molar-refractivity contribution in [2.45, 2.75) is 63.8 Å². The van der Waals surface area contributed by atoms with E-state index in [0.717, 1.165) is 62.9 Å². The lowest BCUT2D eigenvalue weighted by molar-refractivity contribution is -0.123. The van der Waals surface area contributed by atoms with Gasteiger partial charge < -0.3 is 9.73 Å². The fraction of sp³-hybridized carbons (Fsp3) is 0.484. The van der Waals surface area contributed by atoms with Gasteiger partial charge in [-0.05, 0) is 75.2 Å². The Balaban J connectivity index is 1.05. The van der Waals surface area contributed by atoms with E-state index in [1.807, 2.05) is 25.1 Å². The third-order valence-electron chi connectivity index (χ3n) is 9.30. The van der Waals surface area contributed by atoms with Crippen LogP contribution in [-0.2, 0) is 16.8 Å². The highest BCUT2D eigenvalue weighted by Crippen LogP contribution is 2.59. The highest BCUT2D eigenvalue weighted by molar-refractivity contribution is 5.82. The molecule has 1 aliphatic heterocycles. The lowest BCUT2D eigenvalue weighted by atomic mass is 9.78. The number of hydrogen-bond acceptors (Lipinski definition) is 4. The van der Waals surface area contributed by atoms with E-state index in [0.29, 0.717) is 17.5 Å². The SMILES string of the molecule is Cc1ccc2occ(CN3CCC4(CC3)CC4C(=O)NCC3(c4ccccc4)CCCC3)c(=O)c2c1. The lowest BCUT2D eigenvalue weighted by Gasteiger charge is -2.33. The summed E-state index contributed by atoms with van der Waals surface area (Å²) in [5.74, 6) is 0.388. The monoisotopic (exact) mass is 484 g/mol. The van der Waals surface area contributed by atoms with Gasteiger partial charge in [0.05, 0.1) is 11.6 Å². The van der Waals surface area contributed by atoms with Crippen LogP contribution in [0.25, 0.3) is 11.0 Å². The molecule has 0 radical (unpaired) electrons. The van der Waals surface area contributed by atoms with Crippen molar-refractivity contribution in [1.29, 1.82) is 0 Å². The van der Waals surface area contributed by atoms with Gasteiger partial charge in [0.25, 0.3) is 0 Å². The molecule has 3 aromatic rings. The summed E-state index contributed by atoms with van der Waals surface area (Å²) in [6, 6.07) is 16.5. The number of carbonyl (C=O) groups excluding carboxylic acids is 1. The Morgan fingerprint density at radius 2 is 1.81 bits per heavy atom. The maximum Gasteiger partial charge on any atom is 0.223 e. The molecule has 1 spiro atoms. The fourth-order valence-corrected chi connectivity index (χ4v) is 6.85. The Bertz CT molecular complexity index is 1310. The molecular formula is C31H36N2O3. The molecule has 5 heteroatoms. The van der Waals surface area contributed by atoms with Gasteiger partial charge in [-0.3, -0.25) is 14.5 Å². The maximum atomic E-state index is 13.2. The minimum atomic E-state index is 0.0724. The van der Waals surface area contributed by atoms with Gasteiger partial charge in [-0.2, -0.15) is 0 Å². The molecule has 3 aliphatic rings. The smallest absolute Gasteiger partial charge is 0.223 e. The molecule has 2 aromatic carbocycles. The second-order valence-electron chi connectivity index (χ2n) is 11.6. The van der Waals surface area contributed by atoms with Crippen molar-refractivity contribution in [2.75, 3.05) is 19.6 Å². The Morgan fingerprint density at radius 1 is 1.06 bits per heavy atom. The quantitative estimate of drug-likeness (QED) is 0.514. The van der Waals surface area contributed by atoms with Gasteiger partial charge in [0.1, 0.15) is 5.58 Å². The zero-order valence-corrected chi connectivity index (χ0v) is 21.2. The molecule has 1 aromatic heterocycles. The van der Waals surface area contributed by atoms with E-state index in [4.69, 9.17) is 4.42 Å². The molecule has 3 fully saturated rings. The number of carbonyl (C=O) groups is 1. The van der Waals surface area contributed by atoms with Gasteiger partial charge in [0, 0.05) is 30.0 Å². The first-order chi connectivity index (χ1) is 17.5. The van der Waals surface area contributed by atoms with Gasteiger partial charge in [-0.15, -0.1) is 0 Å². The Morgan fingerprint density at radius 3 is 2.56 bits per heavy atom. The standard InChI is InChI=1S/C31H36N2O3/c1-22-9-10-27-25(17-22)28(34)23(20-36-27)19-33-15-13-30(14-16-33)18-26(30)29(35)32-21-31(11-5-6-12-31)24-7-3-2-4-8-24/h2-4,7-10,17,20,26H,5-6,11-16,18-19,21H2,1H3,(H,32,35). The minimum absolute atomic E-state index is 0.0724. The summed E-state index contributed by atoms with van der Waals surface area (Å²) in [6.07, 6.45) is 9.46. The van der Waals surface area contributed by atoms with Crippen LogP contribution in [0.5, 0.6) is 0 Å². The van der Waals surface area contributed by atoms with Crippen LogP contribution >= 0.6 is 0 Å². The summed E-state index contributed by atoms with van der Waals surface area (Å²) in [5.41, 5.74) is 4.12. The van der Waals surface area contributed by atoms with Crippen molar-refractivity contribution < 1.29 is 9.21 Å². The fourth-order valence-electron chi connectivity index (χ4n) is 6.85. The van der Waals surface area contributed by atoms with Gasteiger partial charge in [-0.1, -0.05) is 54.8 Å². The van der Waals surface area contributed by atoms with Crippen LogP contribution in [0.3, 0.4) is 0 Å². The first-order valence-electron chi connectivity index (χ1n) is 13.5. The number of fused-ring (bicyclic) bond motifs is 1. The van der Waals surface area contributed by atoms with Crippen LogP contribution in [0.4, 0.5) is 0 Å². The first-order valence-corrected chi connectivity index (χ1v) is 13.5. The van der Waals surface area contributed by atoms with E-state index >= 15 is 0 Å². The average molecular weight is 485 g/mol. The molecule has 2 aliphatic carbocycles. The molecule has 6 rings (SSSR count). The van der Waals surface area contributed by atoms with Gasteiger partial charge in [0.15, 0.2) is 5.43 Å². The predicted molar refractivity (Wildman–Crippen MR) is 142 cm³/mol. The summed E-state index contributed by atoms with van der Waals surface area (Å²) < 4.78 is 5.75. The number of benzene rings is 2. The van der Waals surface area contributed by atoms with Crippen LogP contribution < -0.4 is 10.7 Å². The molecule has 1 atom stereocenters. The first kappa shape index (κ1) is 23.5. The highest BCUT2D eigenvalue weighted by atomic mass is 16.3. The lowest BCUT2D eigenvalue weighted by Crippen LogP contribution is -2.41. The van der Waals surface area contributed by atoms with E-state index in [1.54, 1.807) is 6.26 Å². The second-order valence-corrected chi connectivity index (χ2v) is 11.6. The van der Waals surface area contributed by atoms with E-state index < -0.39 is 0 Å². The van der Waals surface area contributed by atoms with E-state index in [2.05, 4.69) is 40.5 Å². The average Bonchev–Trinajstić information content (AvgIpc) is 3.38. The zero-order valence-electron chi connectivity index (χ0n) is 21.2. The van der Waals surface area contributed by atoms with Crippen LogP contribution in [0.2, 0.25) is 0 Å². The Kier molecular flexibility index (Phi) is 5.99. The van der Waals surface area contributed by atoms with Crippen LogP contribution in [-0.4, -0.2) is 30.4 Å².